The molecular weight excluding hydrogens is 320 g/mol. The highest BCUT2D eigenvalue weighted by Gasteiger charge is 2.11. The zero-order chi connectivity index (χ0) is 17.8. The van der Waals surface area contributed by atoms with Crippen LogP contribution in [-0.4, -0.2) is 20.0 Å². The van der Waals surface area contributed by atoms with Crippen molar-refractivity contribution in [3.8, 4) is 11.5 Å². The molecule has 0 N–H and O–H groups in total. The van der Waals surface area contributed by atoms with Gasteiger partial charge in [-0.05, 0) is 36.4 Å². The van der Waals surface area contributed by atoms with E-state index < -0.39 is 11.4 Å². The van der Waals surface area contributed by atoms with Crippen LogP contribution >= 0.6 is 0 Å². The summed E-state index contributed by atoms with van der Waals surface area (Å²) in [5, 5.41) is 0.695. The lowest BCUT2D eigenvalue weighted by Gasteiger charge is -2.07. The van der Waals surface area contributed by atoms with Gasteiger partial charge in [0.2, 0.25) is 0 Å². The van der Waals surface area contributed by atoms with E-state index in [0.29, 0.717) is 28.0 Å². The first kappa shape index (κ1) is 16.5. The number of carbonyl (C=O) groups is 1. The summed E-state index contributed by atoms with van der Waals surface area (Å²) < 4.78 is 15.6. The highest BCUT2D eigenvalue weighted by atomic mass is 16.5. The van der Waals surface area contributed by atoms with E-state index in [2.05, 4.69) is 0 Å². The number of fused-ring (bicyclic) bond motifs is 1. The predicted molar refractivity (Wildman–Crippen MR) is 95.4 cm³/mol. The van der Waals surface area contributed by atoms with Crippen molar-refractivity contribution in [3.63, 3.8) is 0 Å². The molecule has 0 aliphatic rings. The van der Waals surface area contributed by atoms with Crippen LogP contribution in [0, 0.1) is 0 Å². The van der Waals surface area contributed by atoms with Gasteiger partial charge in [-0.1, -0.05) is 18.2 Å². The fourth-order valence-corrected chi connectivity index (χ4v) is 2.45. The average molecular weight is 336 g/mol. The van der Waals surface area contributed by atoms with E-state index in [0.717, 1.165) is 0 Å². The summed E-state index contributed by atoms with van der Waals surface area (Å²) in [7, 11) is 3.10. The van der Waals surface area contributed by atoms with Crippen molar-refractivity contribution >= 4 is 22.8 Å². The van der Waals surface area contributed by atoms with Gasteiger partial charge in [-0.3, -0.25) is 4.79 Å². The van der Waals surface area contributed by atoms with E-state index in [1.54, 1.807) is 55.7 Å². The minimum absolute atomic E-state index is 0.0116. The average Bonchev–Trinajstić information content (AvgIpc) is 2.65. The smallest absolute Gasteiger partial charge is 0.347 e. The Kier molecular flexibility index (Phi) is 4.66. The number of methoxy groups -OCH3 is 2. The number of rotatable bonds is 5. The van der Waals surface area contributed by atoms with Gasteiger partial charge >= 0.3 is 5.63 Å². The molecular formula is C20H16O5. The van der Waals surface area contributed by atoms with E-state index in [-0.39, 0.29) is 5.56 Å². The normalized spacial score (nSPS) is 11.0. The van der Waals surface area contributed by atoms with Crippen molar-refractivity contribution in [1.29, 1.82) is 0 Å². The van der Waals surface area contributed by atoms with Crippen molar-refractivity contribution < 1.29 is 18.7 Å². The van der Waals surface area contributed by atoms with Gasteiger partial charge in [-0.2, -0.15) is 0 Å². The molecule has 126 valence electrons. The molecule has 0 unspecified atom stereocenters. The predicted octanol–water partition coefficient (Wildman–Crippen LogP) is 3.71. The molecule has 3 rings (SSSR count). The van der Waals surface area contributed by atoms with E-state index >= 15 is 0 Å². The molecule has 0 aliphatic heterocycles. The van der Waals surface area contributed by atoms with Crippen LogP contribution in [0.3, 0.4) is 0 Å². The fourth-order valence-electron chi connectivity index (χ4n) is 2.45. The third-order valence-electron chi connectivity index (χ3n) is 3.76. The summed E-state index contributed by atoms with van der Waals surface area (Å²) in [6.45, 7) is 0. The summed E-state index contributed by atoms with van der Waals surface area (Å²) >= 11 is 0. The molecule has 3 aromatic rings. The first-order valence-electron chi connectivity index (χ1n) is 7.59. The van der Waals surface area contributed by atoms with Crippen molar-refractivity contribution in [1.82, 2.24) is 0 Å². The summed E-state index contributed by atoms with van der Waals surface area (Å²) in [4.78, 5) is 24.4. The fraction of sp³-hybridized carbons (Fsp3) is 0.100. The molecule has 0 saturated carbocycles. The number of carbonyl (C=O) groups excluding carboxylic acids is 1. The molecule has 0 saturated heterocycles. The Morgan fingerprint density at radius 1 is 1.04 bits per heavy atom. The quantitative estimate of drug-likeness (QED) is 0.404. The Bertz CT molecular complexity index is 1010. The van der Waals surface area contributed by atoms with Crippen LogP contribution in [0.15, 0.2) is 63.8 Å². The van der Waals surface area contributed by atoms with Crippen LogP contribution in [0.2, 0.25) is 0 Å². The van der Waals surface area contributed by atoms with Gasteiger partial charge in [-0.15, -0.1) is 0 Å². The number of ether oxygens (including phenoxy) is 2. The molecule has 0 atom stereocenters. The second kappa shape index (κ2) is 7.05. The van der Waals surface area contributed by atoms with Gasteiger partial charge in [0.1, 0.15) is 22.6 Å². The van der Waals surface area contributed by atoms with Crippen molar-refractivity contribution in [2.45, 2.75) is 0 Å². The molecule has 5 nitrogen and oxygen atoms in total. The van der Waals surface area contributed by atoms with E-state index in [9.17, 15) is 9.59 Å². The van der Waals surface area contributed by atoms with Gasteiger partial charge in [0, 0.05) is 17.0 Å². The highest BCUT2D eigenvalue weighted by molar-refractivity contribution is 6.07. The van der Waals surface area contributed by atoms with Crippen molar-refractivity contribution in [3.05, 3.63) is 76.2 Å². The van der Waals surface area contributed by atoms with Crippen LogP contribution in [0.5, 0.6) is 11.5 Å². The van der Waals surface area contributed by atoms with Gasteiger partial charge in [0.25, 0.3) is 0 Å². The topological polar surface area (TPSA) is 65.7 Å². The van der Waals surface area contributed by atoms with Crippen LogP contribution in [-0.2, 0) is 0 Å². The third-order valence-corrected chi connectivity index (χ3v) is 3.76. The van der Waals surface area contributed by atoms with Gasteiger partial charge < -0.3 is 13.9 Å². The minimum atomic E-state index is -0.657. The maximum absolute atomic E-state index is 12.4. The summed E-state index contributed by atoms with van der Waals surface area (Å²) in [5.74, 6) is 0.779. The summed E-state index contributed by atoms with van der Waals surface area (Å²) in [6, 6.07) is 13.8. The maximum atomic E-state index is 12.4. The van der Waals surface area contributed by atoms with Gasteiger partial charge in [-0.25, -0.2) is 4.79 Å². The molecule has 0 amide bonds. The Morgan fingerprint density at radius 3 is 2.60 bits per heavy atom. The Morgan fingerprint density at radius 2 is 1.84 bits per heavy atom. The zero-order valence-corrected chi connectivity index (χ0v) is 13.8. The number of allylic oxidation sites excluding steroid dienone is 1. The van der Waals surface area contributed by atoms with Crippen molar-refractivity contribution in [2.24, 2.45) is 0 Å². The Labute approximate surface area is 144 Å². The molecule has 0 fully saturated rings. The van der Waals surface area contributed by atoms with Crippen LogP contribution in [0.4, 0.5) is 0 Å². The van der Waals surface area contributed by atoms with Crippen LogP contribution in [0.1, 0.15) is 15.9 Å². The molecule has 0 bridgehead atoms. The first-order valence-corrected chi connectivity index (χ1v) is 7.59. The molecule has 0 spiro atoms. The number of hydrogen-bond donors (Lipinski definition) is 0. The lowest BCUT2D eigenvalue weighted by atomic mass is 10.1. The van der Waals surface area contributed by atoms with E-state index in [4.69, 9.17) is 13.9 Å². The third kappa shape index (κ3) is 3.45. The number of benzene rings is 2. The van der Waals surface area contributed by atoms with Gasteiger partial charge in [0.15, 0.2) is 5.78 Å². The van der Waals surface area contributed by atoms with Crippen molar-refractivity contribution in [2.75, 3.05) is 14.2 Å². The highest BCUT2D eigenvalue weighted by Crippen LogP contribution is 2.25. The zero-order valence-electron chi connectivity index (χ0n) is 13.8. The SMILES string of the molecule is COc1ccc(C=CC(=O)c2cc3ccccc3oc2=O)c(OC)c1. The number of ketones is 1. The van der Waals surface area contributed by atoms with Crippen LogP contribution in [0.25, 0.3) is 17.0 Å². The lowest BCUT2D eigenvalue weighted by Crippen LogP contribution is -2.11. The molecule has 1 heterocycles. The maximum Gasteiger partial charge on any atom is 0.347 e. The number of para-hydroxylation sites is 1. The Hall–Kier alpha value is -3.34. The lowest BCUT2D eigenvalue weighted by molar-refractivity contribution is 0.104. The molecule has 0 aliphatic carbocycles. The molecule has 5 heteroatoms. The molecule has 1 aromatic heterocycles. The Balaban J connectivity index is 1.93. The first-order chi connectivity index (χ1) is 12.1. The largest absolute Gasteiger partial charge is 0.497 e. The van der Waals surface area contributed by atoms with Gasteiger partial charge in [0.05, 0.1) is 14.2 Å². The second-order valence-corrected chi connectivity index (χ2v) is 5.29. The van der Waals surface area contributed by atoms with Crippen LogP contribution < -0.4 is 15.1 Å². The molecule has 2 aromatic carbocycles. The number of hydrogen-bond acceptors (Lipinski definition) is 5. The summed E-state index contributed by atoms with van der Waals surface area (Å²) in [5.41, 5.74) is 0.476. The summed E-state index contributed by atoms with van der Waals surface area (Å²) in [6.07, 6.45) is 2.92. The standard InChI is InChI=1S/C20H16O5/c1-23-15-9-7-13(19(12-15)24-2)8-10-17(21)16-11-14-5-3-4-6-18(14)25-20(16)22/h3-12H,1-2H3. The van der Waals surface area contributed by atoms with E-state index in [1.165, 1.54) is 13.2 Å². The minimum Gasteiger partial charge on any atom is -0.497 e. The molecule has 25 heavy (non-hydrogen) atoms. The monoisotopic (exact) mass is 336 g/mol. The molecule has 0 radical (unpaired) electrons. The second-order valence-electron chi connectivity index (χ2n) is 5.29. The van der Waals surface area contributed by atoms with E-state index in [1.807, 2.05) is 6.07 Å².